The summed E-state index contributed by atoms with van der Waals surface area (Å²) in [6.45, 7) is 28.1. The second-order valence-corrected chi connectivity index (χ2v) is 28.5. The van der Waals surface area contributed by atoms with E-state index in [1.165, 1.54) is 105 Å². The summed E-state index contributed by atoms with van der Waals surface area (Å²) in [7, 11) is 0. The normalized spacial score (nSPS) is 14.7. The van der Waals surface area contributed by atoms with Crippen molar-refractivity contribution >= 4 is 27.8 Å². The highest BCUT2D eigenvalue weighted by Gasteiger charge is 2.54. The largest absolute Gasteiger partial charge is 0.457 e. The number of ether oxygens (including phenoxy) is 1. The number of benzene rings is 11. The van der Waals surface area contributed by atoms with Gasteiger partial charge < -0.3 is 9.64 Å². The molecule has 3 aliphatic carbocycles. The number of nitrogens with zero attached hydrogens (tertiary/aromatic N) is 1. The summed E-state index contributed by atoms with van der Waals surface area (Å²) in [5.74, 6) is 1.76. The Bertz CT molecular complexity index is 4440. The van der Waals surface area contributed by atoms with E-state index < -0.39 is 10.8 Å². The third kappa shape index (κ3) is 7.41. The Labute approximate surface area is 497 Å². The van der Waals surface area contributed by atoms with Gasteiger partial charge in [-0.3, -0.25) is 0 Å². The van der Waals surface area contributed by atoms with Crippen LogP contribution in [-0.2, 0) is 32.5 Å². The van der Waals surface area contributed by atoms with Crippen molar-refractivity contribution in [3.8, 4) is 56.0 Å². The third-order valence-electron chi connectivity index (χ3n) is 19.4. The van der Waals surface area contributed by atoms with E-state index in [0.29, 0.717) is 0 Å². The Morgan fingerprint density at radius 2 is 0.643 bits per heavy atom. The Morgan fingerprint density at radius 1 is 0.274 bits per heavy atom. The molecule has 84 heavy (non-hydrogen) atoms. The zero-order chi connectivity index (χ0) is 58.0. The van der Waals surface area contributed by atoms with E-state index >= 15 is 0 Å². The first-order chi connectivity index (χ1) is 40.2. The number of hydrogen-bond acceptors (Lipinski definition) is 2. The van der Waals surface area contributed by atoms with Crippen molar-refractivity contribution in [2.24, 2.45) is 0 Å². The van der Waals surface area contributed by atoms with E-state index in [2.05, 4.69) is 312 Å². The van der Waals surface area contributed by atoms with Gasteiger partial charge in [-0.15, -0.1) is 0 Å². The van der Waals surface area contributed by atoms with Gasteiger partial charge in [-0.2, -0.15) is 0 Å². The second-order valence-electron chi connectivity index (χ2n) is 28.5. The van der Waals surface area contributed by atoms with Crippen LogP contribution in [0.2, 0.25) is 0 Å². The summed E-state index contributed by atoms with van der Waals surface area (Å²) in [4.78, 5) is 2.57. The molecule has 0 saturated heterocycles. The number of para-hydroxylation sites is 2. The van der Waals surface area contributed by atoms with Crippen LogP contribution in [-0.4, -0.2) is 0 Å². The standard InChI is InChI=1S/C82H73NO/c1-77(2,3)51-32-38-60-61-39-33-52(78(4,5)6)45-69(61)81(68(60)44-51)66-28-17-15-25-59(66)64-42-36-55(48-72(64)81)83(74-30-19-16-26-65(74)58-27-21-23-50-22-13-14-24-57(50)58)56-37-43-76-73(49-56)82(67-29-18-20-31-75(67)84-76)70-46-53(79(7,8)9)34-40-62(70)63-41-35-54(47-71(63)82)80(10,11)12/h13-49H,1-12H3. The van der Waals surface area contributed by atoms with Gasteiger partial charge in [0.2, 0.25) is 0 Å². The van der Waals surface area contributed by atoms with Crippen LogP contribution >= 0.6 is 0 Å². The zero-order valence-corrected chi connectivity index (χ0v) is 50.7. The molecular weight excluding hydrogens is 1010 g/mol. The van der Waals surface area contributed by atoms with Crippen LogP contribution in [0.3, 0.4) is 0 Å². The van der Waals surface area contributed by atoms with Crippen LogP contribution in [0.4, 0.5) is 17.1 Å². The minimum absolute atomic E-state index is 0.0660. The van der Waals surface area contributed by atoms with E-state index in [-0.39, 0.29) is 21.7 Å². The lowest BCUT2D eigenvalue weighted by Gasteiger charge is -2.41. The molecule has 15 rings (SSSR count). The predicted molar refractivity (Wildman–Crippen MR) is 353 cm³/mol. The fourth-order valence-electron chi connectivity index (χ4n) is 15.0. The highest BCUT2D eigenvalue weighted by atomic mass is 16.5. The van der Waals surface area contributed by atoms with Crippen molar-refractivity contribution < 1.29 is 4.74 Å². The molecular formula is C82H73NO. The summed E-state index contributed by atoms with van der Waals surface area (Å²) in [6, 6.07) is 86.6. The molecule has 0 amide bonds. The molecule has 11 aromatic rings. The van der Waals surface area contributed by atoms with Crippen molar-refractivity contribution in [1.29, 1.82) is 0 Å². The Kier molecular flexibility index (Phi) is 11.1. The molecule has 11 aromatic carbocycles. The first-order valence-corrected chi connectivity index (χ1v) is 30.3. The summed E-state index contributed by atoms with van der Waals surface area (Å²) < 4.78 is 7.25. The first kappa shape index (κ1) is 52.1. The molecule has 4 aliphatic rings. The molecule has 1 aliphatic heterocycles. The fraction of sp³-hybridized carbons (Fsp3) is 0.220. The smallest absolute Gasteiger partial charge is 0.132 e. The average molecular weight is 1090 g/mol. The Hall–Kier alpha value is -8.72. The molecule has 0 N–H and O–H groups in total. The van der Waals surface area contributed by atoms with Crippen LogP contribution in [0.5, 0.6) is 11.5 Å². The average Bonchev–Trinajstić information content (AvgIpc) is 1.53. The second kappa shape index (κ2) is 17.9. The summed E-state index contributed by atoms with van der Waals surface area (Å²) in [5, 5.41) is 2.43. The van der Waals surface area contributed by atoms with E-state index in [4.69, 9.17) is 4.74 Å². The lowest BCUT2D eigenvalue weighted by molar-refractivity contribution is 0.436. The van der Waals surface area contributed by atoms with Crippen molar-refractivity contribution in [3.63, 3.8) is 0 Å². The molecule has 0 fully saturated rings. The molecule has 0 bridgehead atoms. The van der Waals surface area contributed by atoms with Crippen molar-refractivity contribution in [2.45, 2.75) is 116 Å². The lowest BCUT2D eigenvalue weighted by atomic mass is 9.65. The SMILES string of the molecule is CC(C)(C)c1ccc2c(c1)C1(c3ccccc3Oc3ccc(N(c4ccc5c(c4)C4(c6ccccc6-5)c5cc(C(C)(C)C)ccc5-c5ccc(C(C)(C)C)cc54)c4ccccc4-c4cccc5ccccc45)cc31)c1cc(C(C)(C)C)ccc1-2. The molecule has 2 spiro atoms. The van der Waals surface area contributed by atoms with E-state index in [9.17, 15) is 0 Å². The topological polar surface area (TPSA) is 12.5 Å². The molecule has 0 saturated carbocycles. The van der Waals surface area contributed by atoms with Gasteiger partial charge >= 0.3 is 0 Å². The number of rotatable bonds is 4. The Balaban J connectivity index is 1.05. The number of hydrogen-bond donors (Lipinski definition) is 0. The van der Waals surface area contributed by atoms with Crippen LogP contribution < -0.4 is 9.64 Å². The van der Waals surface area contributed by atoms with Crippen LogP contribution in [0.15, 0.2) is 224 Å². The van der Waals surface area contributed by atoms with E-state index in [1.54, 1.807) is 0 Å². The van der Waals surface area contributed by atoms with Gasteiger partial charge in [0.25, 0.3) is 0 Å². The summed E-state index contributed by atoms with van der Waals surface area (Å²) >= 11 is 0. The van der Waals surface area contributed by atoms with Gasteiger partial charge in [0.05, 0.1) is 16.5 Å². The van der Waals surface area contributed by atoms with Crippen molar-refractivity contribution in [3.05, 3.63) is 291 Å². The van der Waals surface area contributed by atoms with E-state index in [1.807, 2.05) is 0 Å². The molecule has 0 unspecified atom stereocenters. The predicted octanol–water partition coefficient (Wildman–Crippen LogP) is 22.0. The lowest BCUT2D eigenvalue weighted by Crippen LogP contribution is -2.33. The maximum absolute atomic E-state index is 7.25. The molecule has 1 heterocycles. The van der Waals surface area contributed by atoms with Crippen LogP contribution in [0.1, 0.15) is 150 Å². The Morgan fingerprint density at radius 3 is 1.19 bits per heavy atom. The van der Waals surface area contributed by atoms with Gasteiger partial charge in [0.1, 0.15) is 11.5 Å². The van der Waals surface area contributed by atoms with E-state index in [0.717, 1.165) is 45.3 Å². The van der Waals surface area contributed by atoms with Gasteiger partial charge in [0, 0.05) is 28.1 Å². The van der Waals surface area contributed by atoms with Crippen LogP contribution in [0.25, 0.3) is 55.3 Å². The zero-order valence-electron chi connectivity index (χ0n) is 50.7. The van der Waals surface area contributed by atoms with Gasteiger partial charge in [-0.25, -0.2) is 0 Å². The monoisotopic (exact) mass is 1090 g/mol. The number of fused-ring (bicyclic) bond motifs is 20. The quantitative estimate of drug-likeness (QED) is 0.174. The van der Waals surface area contributed by atoms with Crippen LogP contribution in [0, 0.1) is 0 Å². The molecule has 0 atom stereocenters. The molecule has 2 heteroatoms. The number of anilines is 3. The highest BCUT2D eigenvalue weighted by molar-refractivity contribution is 6.03. The molecule has 412 valence electrons. The third-order valence-corrected chi connectivity index (χ3v) is 19.4. The van der Waals surface area contributed by atoms with Gasteiger partial charge in [-0.1, -0.05) is 265 Å². The minimum Gasteiger partial charge on any atom is -0.457 e. The van der Waals surface area contributed by atoms with Gasteiger partial charge in [0.15, 0.2) is 0 Å². The summed E-state index contributed by atoms with van der Waals surface area (Å²) in [6.07, 6.45) is 0. The maximum Gasteiger partial charge on any atom is 0.132 e. The summed E-state index contributed by atoms with van der Waals surface area (Å²) in [5.41, 5.74) is 27.2. The minimum atomic E-state index is -0.718. The molecule has 2 nitrogen and oxygen atoms in total. The molecule has 0 aromatic heterocycles. The highest BCUT2D eigenvalue weighted by Crippen LogP contribution is 2.66. The first-order valence-electron chi connectivity index (χ1n) is 30.3. The van der Waals surface area contributed by atoms with Crippen molar-refractivity contribution in [2.75, 3.05) is 4.90 Å². The maximum atomic E-state index is 7.25. The van der Waals surface area contributed by atoms with Gasteiger partial charge in [-0.05, 0) is 169 Å². The van der Waals surface area contributed by atoms with Crippen molar-refractivity contribution in [1.82, 2.24) is 0 Å². The molecule has 0 radical (unpaired) electrons. The fourth-order valence-corrected chi connectivity index (χ4v) is 15.0.